The highest BCUT2D eigenvalue weighted by atomic mass is 35.5. The van der Waals surface area contributed by atoms with E-state index in [1.807, 2.05) is 0 Å². The molecule has 0 saturated carbocycles. The molecule has 0 aromatic heterocycles. The number of rotatable bonds is 6. The van der Waals surface area contributed by atoms with Gasteiger partial charge in [0.05, 0.1) is 11.5 Å². The minimum absolute atomic E-state index is 0.0443. The molecule has 0 bridgehead atoms. The molecule has 0 fully saturated rings. The number of benzene rings is 1. The van der Waals surface area contributed by atoms with Crippen molar-refractivity contribution in [1.29, 1.82) is 0 Å². The second kappa shape index (κ2) is 6.68. The molecule has 104 valence electrons. The van der Waals surface area contributed by atoms with Crippen LogP contribution in [-0.4, -0.2) is 32.5 Å². The minimum atomic E-state index is -3.78. The van der Waals surface area contributed by atoms with Gasteiger partial charge in [-0.1, -0.05) is 17.7 Å². The summed E-state index contributed by atoms with van der Waals surface area (Å²) in [5.41, 5.74) is 0. The van der Waals surface area contributed by atoms with Crippen molar-refractivity contribution in [3.63, 3.8) is 0 Å². The molecular weight excluding hydrogens is 292 g/mol. The van der Waals surface area contributed by atoms with E-state index in [1.54, 1.807) is 6.92 Å². The zero-order chi connectivity index (χ0) is 14.5. The van der Waals surface area contributed by atoms with Crippen LogP contribution in [0.5, 0.6) is 0 Å². The number of Topliss-reactive ketones (excluding diaryl/α,β-unsaturated/α-hetero) is 1. The van der Waals surface area contributed by atoms with Crippen LogP contribution in [0, 0.1) is 0 Å². The molecular formula is C12H13ClO5S. The normalized spacial score (nSPS) is 11.1. The van der Waals surface area contributed by atoms with Crippen LogP contribution in [-0.2, 0) is 24.2 Å². The fourth-order valence-corrected chi connectivity index (χ4v) is 2.92. The van der Waals surface area contributed by atoms with Crippen molar-refractivity contribution in [3.05, 3.63) is 29.3 Å². The summed E-state index contributed by atoms with van der Waals surface area (Å²) in [5, 5.41) is 0.263. The zero-order valence-electron chi connectivity index (χ0n) is 10.3. The van der Waals surface area contributed by atoms with Crippen LogP contribution in [0.4, 0.5) is 0 Å². The average Bonchev–Trinajstić information content (AvgIpc) is 2.28. The molecule has 0 heterocycles. The average molecular weight is 305 g/mol. The van der Waals surface area contributed by atoms with E-state index in [0.29, 0.717) is 0 Å². The lowest BCUT2D eigenvalue weighted by Crippen LogP contribution is -2.20. The SMILES string of the molecule is CCOC(=O)CC(=O)CS(=O)(=O)c1cccc(Cl)c1. The molecule has 0 spiro atoms. The Balaban J connectivity index is 2.75. The molecule has 7 heteroatoms. The Morgan fingerprint density at radius 1 is 1.32 bits per heavy atom. The lowest BCUT2D eigenvalue weighted by atomic mass is 10.3. The monoisotopic (exact) mass is 304 g/mol. The Kier molecular flexibility index (Phi) is 5.50. The number of carbonyl (C=O) groups excluding carboxylic acids is 2. The summed E-state index contributed by atoms with van der Waals surface area (Å²) in [5.74, 6) is -2.18. The number of hydrogen-bond acceptors (Lipinski definition) is 5. The highest BCUT2D eigenvalue weighted by Crippen LogP contribution is 2.17. The summed E-state index contributed by atoms with van der Waals surface area (Å²) in [6, 6.07) is 5.61. The highest BCUT2D eigenvalue weighted by Gasteiger charge is 2.21. The van der Waals surface area contributed by atoms with Gasteiger partial charge in [0.15, 0.2) is 15.6 Å². The van der Waals surface area contributed by atoms with Gasteiger partial charge in [0.2, 0.25) is 0 Å². The summed E-state index contributed by atoms with van der Waals surface area (Å²) >= 11 is 5.69. The molecule has 1 rings (SSSR count). The maximum atomic E-state index is 11.9. The quantitative estimate of drug-likeness (QED) is 0.590. The molecule has 0 amide bonds. The standard InChI is InChI=1S/C12H13ClO5S/c1-2-18-12(15)7-10(14)8-19(16,17)11-5-3-4-9(13)6-11/h3-6H,2,7-8H2,1H3. The third kappa shape index (κ3) is 5.00. The van der Waals surface area contributed by atoms with Gasteiger partial charge in [-0.3, -0.25) is 9.59 Å². The van der Waals surface area contributed by atoms with Gasteiger partial charge >= 0.3 is 5.97 Å². The topological polar surface area (TPSA) is 77.5 Å². The summed E-state index contributed by atoms with van der Waals surface area (Å²) < 4.78 is 28.4. The number of esters is 1. The summed E-state index contributed by atoms with van der Waals surface area (Å²) in [4.78, 5) is 22.5. The molecule has 0 N–H and O–H groups in total. The lowest BCUT2D eigenvalue weighted by molar-refractivity contribution is -0.145. The Labute approximate surface area is 116 Å². The maximum absolute atomic E-state index is 11.9. The first-order chi connectivity index (χ1) is 8.85. The second-order valence-electron chi connectivity index (χ2n) is 3.74. The van der Waals surface area contributed by atoms with Gasteiger partial charge < -0.3 is 4.74 Å². The lowest BCUT2D eigenvalue weighted by Gasteiger charge is -2.04. The van der Waals surface area contributed by atoms with Crippen molar-refractivity contribution >= 4 is 33.2 Å². The summed E-state index contributed by atoms with van der Waals surface area (Å²) in [6.45, 7) is 1.75. The van der Waals surface area contributed by atoms with E-state index >= 15 is 0 Å². The van der Waals surface area contributed by atoms with Crippen molar-refractivity contribution in [2.24, 2.45) is 0 Å². The zero-order valence-corrected chi connectivity index (χ0v) is 11.8. The third-order valence-corrected chi connectivity index (χ3v) is 4.06. The van der Waals surface area contributed by atoms with Gasteiger partial charge in [0, 0.05) is 5.02 Å². The molecule has 19 heavy (non-hydrogen) atoms. The summed E-state index contributed by atoms with van der Waals surface area (Å²) in [6.07, 6.45) is -0.548. The van der Waals surface area contributed by atoms with Crippen molar-refractivity contribution in [3.8, 4) is 0 Å². The van der Waals surface area contributed by atoms with E-state index in [0.717, 1.165) is 0 Å². The number of sulfone groups is 1. The predicted octanol–water partition coefficient (Wildman–Crippen LogP) is 1.64. The van der Waals surface area contributed by atoms with Crippen LogP contribution in [0.1, 0.15) is 13.3 Å². The van der Waals surface area contributed by atoms with Gasteiger partial charge in [-0.2, -0.15) is 0 Å². The molecule has 0 unspecified atom stereocenters. The molecule has 0 atom stereocenters. The van der Waals surface area contributed by atoms with Crippen molar-refractivity contribution in [2.75, 3.05) is 12.4 Å². The summed E-state index contributed by atoms with van der Waals surface area (Å²) in [7, 11) is -3.78. The van der Waals surface area contributed by atoms with Crippen LogP contribution in [0.2, 0.25) is 5.02 Å². The van der Waals surface area contributed by atoms with Crippen LogP contribution in [0.25, 0.3) is 0 Å². The largest absolute Gasteiger partial charge is 0.466 e. The maximum Gasteiger partial charge on any atom is 0.313 e. The predicted molar refractivity (Wildman–Crippen MR) is 69.8 cm³/mol. The first kappa shape index (κ1) is 15.7. The molecule has 0 aliphatic heterocycles. The number of halogens is 1. The Hall–Kier alpha value is -1.40. The van der Waals surface area contributed by atoms with Crippen LogP contribution in [0.15, 0.2) is 29.2 Å². The fourth-order valence-electron chi connectivity index (χ4n) is 1.38. The number of ether oxygens (including phenoxy) is 1. The van der Waals surface area contributed by atoms with Gasteiger partial charge in [-0.25, -0.2) is 8.42 Å². The van der Waals surface area contributed by atoms with Crippen molar-refractivity contribution in [2.45, 2.75) is 18.2 Å². The number of carbonyl (C=O) groups is 2. The van der Waals surface area contributed by atoms with Crippen molar-refractivity contribution < 1.29 is 22.7 Å². The molecule has 0 saturated heterocycles. The van der Waals surface area contributed by atoms with E-state index in [9.17, 15) is 18.0 Å². The molecule has 0 aliphatic rings. The minimum Gasteiger partial charge on any atom is -0.466 e. The van der Waals surface area contributed by atoms with E-state index in [1.165, 1.54) is 24.3 Å². The molecule has 0 aliphatic carbocycles. The number of hydrogen-bond donors (Lipinski definition) is 0. The van der Waals surface area contributed by atoms with E-state index < -0.39 is 33.8 Å². The van der Waals surface area contributed by atoms with Gasteiger partial charge in [-0.15, -0.1) is 0 Å². The molecule has 5 nitrogen and oxygen atoms in total. The van der Waals surface area contributed by atoms with Crippen molar-refractivity contribution in [1.82, 2.24) is 0 Å². The fraction of sp³-hybridized carbons (Fsp3) is 0.333. The van der Waals surface area contributed by atoms with E-state index in [4.69, 9.17) is 11.6 Å². The molecule has 1 aromatic carbocycles. The molecule has 0 radical (unpaired) electrons. The Bertz CT molecular complexity index is 580. The van der Waals surface area contributed by atoms with Crippen LogP contribution >= 0.6 is 11.6 Å². The van der Waals surface area contributed by atoms with Gasteiger partial charge in [-0.05, 0) is 25.1 Å². The second-order valence-corrected chi connectivity index (χ2v) is 6.16. The van der Waals surface area contributed by atoms with E-state index in [-0.39, 0.29) is 16.5 Å². The smallest absolute Gasteiger partial charge is 0.313 e. The Morgan fingerprint density at radius 2 is 2.00 bits per heavy atom. The first-order valence-corrected chi connectivity index (χ1v) is 7.54. The number of ketones is 1. The Morgan fingerprint density at radius 3 is 2.58 bits per heavy atom. The first-order valence-electron chi connectivity index (χ1n) is 5.51. The molecule has 1 aromatic rings. The van der Waals surface area contributed by atoms with Crippen LogP contribution < -0.4 is 0 Å². The van der Waals surface area contributed by atoms with Gasteiger partial charge in [0.1, 0.15) is 12.2 Å². The van der Waals surface area contributed by atoms with Gasteiger partial charge in [0.25, 0.3) is 0 Å². The highest BCUT2D eigenvalue weighted by molar-refractivity contribution is 7.92. The van der Waals surface area contributed by atoms with Crippen LogP contribution in [0.3, 0.4) is 0 Å². The van der Waals surface area contributed by atoms with E-state index in [2.05, 4.69) is 4.74 Å². The third-order valence-electron chi connectivity index (χ3n) is 2.15.